The molecular weight excluding hydrogens is 494 g/mol. The molecule has 0 aliphatic heterocycles. The van der Waals surface area contributed by atoms with Crippen molar-refractivity contribution >= 4 is 32.0 Å². The van der Waals surface area contributed by atoms with E-state index in [1.54, 1.807) is 0 Å². The lowest BCUT2D eigenvalue weighted by Gasteiger charge is -2.11. The molecular formula is C22H41BrF2O5S. The number of halogens is 3. The fourth-order valence-corrected chi connectivity index (χ4v) is 4.05. The Morgan fingerprint density at radius 2 is 0.968 bits per heavy atom. The molecule has 1 N–H and O–H groups in total. The molecule has 0 atom stereocenters. The molecule has 0 saturated carbocycles. The molecule has 0 aliphatic carbocycles. The van der Waals surface area contributed by atoms with Crippen molar-refractivity contribution in [2.75, 3.05) is 11.9 Å². The Hall–Kier alpha value is -0.280. The molecule has 0 heterocycles. The van der Waals surface area contributed by atoms with Gasteiger partial charge in [0.05, 0.1) is 6.61 Å². The zero-order valence-electron chi connectivity index (χ0n) is 18.8. The summed E-state index contributed by atoms with van der Waals surface area (Å²) in [6, 6.07) is 0. The second-order valence-corrected chi connectivity index (χ2v) is 10.4. The van der Waals surface area contributed by atoms with Gasteiger partial charge in [-0.1, -0.05) is 119 Å². The first-order valence-electron chi connectivity index (χ1n) is 11.8. The number of esters is 1. The average Bonchev–Trinajstić information content (AvgIpc) is 2.71. The van der Waals surface area contributed by atoms with Crippen LogP contribution in [-0.2, 0) is 19.6 Å². The van der Waals surface area contributed by atoms with Crippen LogP contribution < -0.4 is 0 Å². The van der Waals surface area contributed by atoms with Crippen LogP contribution in [-0.4, -0.2) is 36.1 Å². The van der Waals surface area contributed by atoms with Gasteiger partial charge in [-0.05, 0) is 12.8 Å². The normalized spacial score (nSPS) is 12.3. The Morgan fingerprint density at radius 3 is 1.26 bits per heavy atom. The van der Waals surface area contributed by atoms with Gasteiger partial charge in [0.15, 0.2) is 0 Å². The minimum absolute atomic E-state index is 0.277. The Balaban J connectivity index is 3.30. The highest BCUT2D eigenvalue weighted by atomic mass is 79.9. The molecule has 0 spiro atoms. The molecule has 31 heavy (non-hydrogen) atoms. The van der Waals surface area contributed by atoms with Crippen molar-refractivity contribution in [3.63, 3.8) is 0 Å². The molecule has 0 aromatic heterocycles. The second kappa shape index (κ2) is 19.2. The topological polar surface area (TPSA) is 80.7 Å². The molecule has 0 rings (SSSR count). The van der Waals surface area contributed by atoms with Crippen molar-refractivity contribution in [3.05, 3.63) is 0 Å². The van der Waals surface area contributed by atoms with E-state index in [0.29, 0.717) is 6.42 Å². The van der Waals surface area contributed by atoms with Crippen LogP contribution in [0.15, 0.2) is 0 Å². The molecule has 0 bridgehead atoms. The average molecular weight is 536 g/mol. The lowest BCUT2D eigenvalue weighted by molar-refractivity contribution is -0.161. The molecule has 0 radical (unpaired) electrons. The van der Waals surface area contributed by atoms with Crippen molar-refractivity contribution in [1.29, 1.82) is 0 Å². The maximum Gasteiger partial charge on any atom is 0.465 e. The largest absolute Gasteiger partial charge is 0.465 e. The summed E-state index contributed by atoms with van der Waals surface area (Å²) in [7, 11) is -5.79. The van der Waals surface area contributed by atoms with Crippen LogP contribution in [0.5, 0.6) is 0 Å². The molecule has 0 fully saturated rings. The van der Waals surface area contributed by atoms with Gasteiger partial charge in [0.1, 0.15) is 0 Å². The quantitative estimate of drug-likeness (QED) is 0.0675. The lowest BCUT2D eigenvalue weighted by atomic mass is 10.0. The van der Waals surface area contributed by atoms with Crippen molar-refractivity contribution < 1.29 is 31.3 Å². The van der Waals surface area contributed by atoms with E-state index in [2.05, 4.69) is 20.7 Å². The lowest BCUT2D eigenvalue weighted by Crippen LogP contribution is -2.39. The van der Waals surface area contributed by atoms with E-state index in [0.717, 1.165) is 31.0 Å². The molecule has 0 aromatic carbocycles. The second-order valence-electron chi connectivity index (χ2n) is 8.18. The molecule has 0 amide bonds. The molecule has 0 saturated heterocycles. The maximum atomic E-state index is 13.0. The van der Waals surface area contributed by atoms with Crippen LogP contribution in [0.1, 0.15) is 116 Å². The number of rotatable bonds is 22. The minimum atomic E-state index is -5.79. The predicted molar refractivity (Wildman–Crippen MR) is 124 cm³/mol. The monoisotopic (exact) mass is 534 g/mol. The van der Waals surface area contributed by atoms with E-state index in [9.17, 15) is 22.0 Å². The highest BCUT2D eigenvalue weighted by Gasteiger charge is 2.54. The summed E-state index contributed by atoms with van der Waals surface area (Å²) < 4.78 is 59.3. The van der Waals surface area contributed by atoms with Gasteiger partial charge in [0.2, 0.25) is 0 Å². The van der Waals surface area contributed by atoms with E-state index in [1.807, 2.05) is 0 Å². The SMILES string of the molecule is O=C(OCCCCCCCCCCCCCCCCCCCCBr)C(F)(F)S(=O)(=O)O. The van der Waals surface area contributed by atoms with E-state index in [1.165, 1.54) is 83.5 Å². The van der Waals surface area contributed by atoms with Gasteiger partial charge in [0, 0.05) is 5.33 Å². The summed E-state index contributed by atoms with van der Waals surface area (Å²) in [4.78, 5) is 11.0. The van der Waals surface area contributed by atoms with E-state index < -0.39 is 21.3 Å². The molecule has 5 nitrogen and oxygen atoms in total. The van der Waals surface area contributed by atoms with Gasteiger partial charge in [-0.25, -0.2) is 4.79 Å². The third-order valence-corrected chi connectivity index (χ3v) is 6.70. The maximum absolute atomic E-state index is 13.0. The van der Waals surface area contributed by atoms with Crippen LogP contribution in [0.3, 0.4) is 0 Å². The number of alkyl halides is 3. The van der Waals surface area contributed by atoms with E-state index >= 15 is 0 Å². The van der Waals surface area contributed by atoms with Crippen molar-refractivity contribution in [1.82, 2.24) is 0 Å². The number of carbonyl (C=O) groups excluding carboxylic acids is 1. The molecule has 0 unspecified atom stereocenters. The Labute approximate surface area is 196 Å². The zero-order valence-corrected chi connectivity index (χ0v) is 21.2. The summed E-state index contributed by atoms with van der Waals surface area (Å²) in [5.41, 5.74) is 0. The van der Waals surface area contributed by atoms with Crippen molar-refractivity contribution in [3.8, 4) is 0 Å². The Bertz CT molecular complexity index is 544. The smallest absolute Gasteiger partial charge is 0.460 e. The summed E-state index contributed by atoms with van der Waals surface area (Å²) >= 11 is 3.46. The van der Waals surface area contributed by atoms with Crippen LogP contribution in [0.2, 0.25) is 0 Å². The van der Waals surface area contributed by atoms with Crippen LogP contribution in [0.25, 0.3) is 0 Å². The Morgan fingerprint density at radius 1 is 0.677 bits per heavy atom. The van der Waals surface area contributed by atoms with Gasteiger partial charge >= 0.3 is 21.3 Å². The Kier molecular flexibility index (Phi) is 19.0. The van der Waals surface area contributed by atoms with Crippen molar-refractivity contribution in [2.45, 2.75) is 121 Å². The van der Waals surface area contributed by atoms with E-state index in [-0.39, 0.29) is 6.61 Å². The zero-order chi connectivity index (χ0) is 23.4. The highest BCUT2D eigenvalue weighted by molar-refractivity contribution is 9.09. The van der Waals surface area contributed by atoms with Gasteiger partial charge in [-0.3, -0.25) is 4.55 Å². The summed E-state index contributed by atoms with van der Waals surface area (Å²) in [6.45, 7) is -0.277. The number of carbonyl (C=O) groups is 1. The fraction of sp³-hybridized carbons (Fsp3) is 0.955. The van der Waals surface area contributed by atoms with Gasteiger partial charge in [-0.2, -0.15) is 17.2 Å². The summed E-state index contributed by atoms with van der Waals surface area (Å²) in [5.74, 6) is -2.23. The number of ether oxygens (including phenoxy) is 1. The molecule has 0 aliphatic rings. The van der Waals surface area contributed by atoms with E-state index in [4.69, 9.17) is 4.55 Å². The van der Waals surface area contributed by atoms with Crippen LogP contribution in [0.4, 0.5) is 8.78 Å². The van der Waals surface area contributed by atoms with Gasteiger partial charge in [0.25, 0.3) is 0 Å². The molecule has 9 heteroatoms. The summed E-state index contributed by atoms with van der Waals surface area (Å²) in [5, 5.41) is -3.78. The third kappa shape index (κ3) is 16.9. The first kappa shape index (κ1) is 30.7. The first-order chi connectivity index (χ1) is 14.7. The molecule has 0 aromatic rings. The number of hydrogen-bond acceptors (Lipinski definition) is 4. The van der Waals surface area contributed by atoms with Crippen LogP contribution >= 0.6 is 15.9 Å². The van der Waals surface area contributed by atoms with Crippen molar-refractivity contribution in [2.24, 2.45) is 0 Å². The minimum Gasteiger partial charge on any atom is -0.460 e. The standard InChI is InChI=1S/C22H41BrF2O5S/c23-19-17-15-13-11-9-7-5-3-1-2-4-6-8-10-12-14-16-18-20-30-21(26)22(24,25)31(27,28)29/h1-20H2,(H,27,28,29). The van der Waals surface area contributed by atoms with Gasteiger partial charge in [-0.15, -0.1) is 0 Å². The fourth-order valence-electron chi connectivity index (χ4n) is 3.38. The summed E-state index contributed by atoms with van der Waals surface area (Å²) in [6.07, 6.45) is 21.4. The number of hydrogen-bond donors (Lipinski definition) is 1. The third-order valence-electron chi connectivity index (χ3n) is 5.32. The highest BCUT2D eigenvalue weighted by Crippen LogP contribution is 2.22. The number of unbranched alkanes of at least 4 members (excludes halogenated alkanes) is 17. The van der Waals surface area contributed by atoms with Gasteiger partial charge < -0.3 is 4.74 Å². The predicted octanol–water partition coefficient (Wildman–Crippen LogP) is 7.43. The van der Waals surface area contributed by atoms with Crippen LogP contribution in [0, 0.1) is 0 Å². The first-order valence-corrected chi connectivity index (χ1v) is 14.4. The molecule has 186 valence electrons.